The van der Waals surface area contributed by atoms with Gasteiger partial charge in [-0.15, -0.1) is 0 Å². The summed E-state index contributed by atoms with van der Waals surface area (Å²) in [6.07, 6.45) is 8.96. The first-order chi connectivity index (χ1) is 8.31. The molecule has 0 radical (unpaired) electrons. The van der Waals surface area contributed by atoms with Gasteiger partial charge in [0, 0.05) is 0 Å². The second-order valence-electron chi connectivity index (χ2n) is 4.48. The molecule has 1 atom stereocenters. The number of carbonyl (C=O) groups excluding carboxylic acids is 1. The number of carbonyl (C=O) groups is 1. The highest BCUT2D eigenvalue weighted by atomic mass is 16.6. The second kappa shape index (κ2) is 5.71. The van der Waals surface area contributed by atoms with E-state index in [1.165, 1.54) is 25.5 Å². The lowest BCUT2D eigenvalue weighted by molar-refractivity contribution is 0.0194. The fourth-order valence-corrected chi connectivity index (χ4v) is 2.38. The van der Waals surface area contributed by atoms with Crippen molar-refractivity contribution in [3.05, 3.63) is 36.8 Å². The molecule has 1 fully saturated rings. The van der Waals surface area contributed by atoms with Crippen molar-refractivity contribution < 1.29 is 13.9 Å². The van der Waals surface area contributed by atoms with Crippen LogP contribution in [0.3, 0.4) is 0 Å². The molecule has 0 spiro atoms. The zero-order valence-corrected chi connectivity index (χ0v) is 9.93. The molecule has 0 bridgehead atoms. The third-order valence-electron chi connectivity index (χ3n) is 3.31. The van der Waals surface area contributed by atoms with Gasteiger partial charge in [-0.05, 0) is 30.9 Å². The van der Waals surface area contributed by atoms with Gasteiger partial charge in [0.2, 0.25) is 5.76 Å². The zero-order chi connectivity index (χ0) is 12.1. The van der Waals surface area contributed by atoms with Gasteiger partial charge in [-0.25, -0.2) is 4.79 Å². The minimum atomic E-state index is -0.398. The number of rotatable bonds is 4. The van der Waals surface area contributed by atoms with Gasteiger partial charge >= 0.3 is 5.97 Å². The molecule has 92 valence electrons. The number of ether oxygens (including phenoxy) is 1. The second-order valence-corrected chi connectivity index (χ2v) is 4.48. The third-order valence-corrected chi connectivity index (χ3v) is 3.31. The lowest BCUT2D eigenvalue weighted by Crippen LogP contribution is -2.26. The first-order valence-electron chi connectivity index (χ1n) is 6.18. The molecule has 1 aromatic heterocycles. The molecule has 0 amide bonds. The maximum atomic E-state index is 11.8. The molecular weight excluding hydrogens is 216 g/mol. The number of hydrogen-bond donors (Lipinski definition) is 0. The van der Waals surface area contributed by atoms with Gasteiger partial charge in [-0.1, -0.05) is 31.9 Å². The Kier molecular flexibility index (Phi) is 4.02. The van der Waals surface area contributed by atoms with Crippen molar-refractivity contribution in [2.24, 2.45) is 5.92 Å². The summed E-state index contributed by atoms with van der Waals surface area (Å²) in [6.45, 7) is 3.76. The van der Waals surface area contributed by atoms with Crippen LogP contribution in [0.5, 0.6) is 0 Å². The number of esters is 1. The van der Waals surface area contributed by atoms with E-state index in [4.69, 9.17) is 9.15 Å². The predicted molar refractivity (Wildman–Crippen MR) is 64.7 cm³/mol. The SMILES string of the molecule is C=C[C@@H](OC(=O)c1ccco1)C1CCCCC1. The van der Waals surface area contributed by atoms with Crippen LogP contribution in [-0.2, 0) is 4.74 Å². The molecule has 17 heavy (non-hydrogen) atoms. The van der Waals surface area contributed by atoms with Gasteiger partial charge in [0.25, 0.3) is 0 Å². The summed E-state index contributed by atoms with van der Waals surface area (Å²) in [4.78, 5) is 11.8. The van der Waals surface area contributed by atoms with Crippen LogP contribution >= 0.6 is 0 Å². The van der Waals surface area contributed by atoms with E-state index in [9.17, 15) is 4.79 Å². The zero-order valence-electron chi connectivity index (χ0n) is 9.93. The molecule has 3 heteroatoms. The van der Waals surface area contributed by atoms with E-state index in [0.29, 0.717) is 5.92 Å². The number of hydrogen-bond acceptors (Lipinski definition) is 3. The topological polar surface area (TPSA) is 39.4 Å². The first kappa shape index (κ1) is 12.0. The van der Waals surface area contributed by atoms with Crippen molar-refractivity contribution in [3.63, 3.8) is 0 Å². The Hall–Kier alpha value is -1.51. The molecule has 0 saturated heterocycles. The molecule has 0 aromatic carbocycles. The largest absolute Gasteiger partial charge is 0.457 e. The molecule has 3 nitrogen and oxygen atoms in total. The van der Waals surface area contributed by atoms with Crippen LogP contribution in [0.1, 0.15) is 42.7 Å². The van der Waals surface area contributed by atoms with Gasteiger partial charge in [0.1, 0.15) is 6.10 Å². The molecule has 0 N–H and O–H groups in total. The first-order valence-corrected chi connectivity index (χ1v) is 6.18. The predicted octanol–water partition coefficient (Wildman–Crippen LogP) is 3.57. The van der Waals surface area contributed by atoms with Crippen molar-refractivity contribution in [2.75, 3.05) is 0 Å². The summed E-state index contributed by atoms with van der Waals surface area (Å²) >= 11 is 0. The normalized spacial score (nSPS) is 18.6. The summed E-state index contributed by atoms with van der Waals surface area (Å²) in [5, 5.41) is 0. The summed E-state index contributed by atoms with van der Waals surface area (Å²) < 4.78 is 10.5. The van der Waals surface area contributed by atoms with E-state index in [-0.39, 0.29) is 11.9 Å². The van der Waals surface area contributed by atoms with Crippen molar-refractivity contribution in [3.8, 4) is 0 Å². The standard InChI is InChI=1S/C14H18O3/c1-2-12(11-7-4-3-5-8-11)17-14(15)13-9-6-10-16-13/h2,6,9-12H,1,3-5,7-8H2/t12-/m1/s1. The minimum Gasteiger partial charge on any atom is -0.457 e. The van der Waals surface area contributed by atoms with Gasteiger partial charge in [0.05, 0.1) is 6.26 Å². The van der Waals surface area contributed by atoms with Crippen LogP contribution in [0.4, 0.5) is 0 Å². The Morgan fingerprint density at radius 2 is 2.24 bits per heavy atom. The molecule has 2 rings (SSSR count). The molecule has 1 aromatic rings. The molecule has 1 saturated carbocycles. The smallest absolute Gasteiger partial charge is 0.374 e. The van der Waals surface area contributed by atoms with Crippen LogP contribution in [0.25, 0.3) is 0 Å². The number of furan rings is 1. The van der Waals surface area contributed by atoms with E-state index < -0.39 is 5.97 Å². The van der Waals surface area contributed by atoms with Crippen LogP contribution in [0.2, 0.25) is 0 Å². The molecule has 1 aliphatic carbocycles. The average molecular weight is 234 g/mol. The van der Waals surface area contributed by atoms with E-state index >= 15 is 0 Å². The highest BCUT2D eigenvalue weighted by Crippen LogP contribution is 2.28. The monoisotopic (exact) mass is 234 g/mol. The summed E-state index contributed by atoms with van der Waals surface area (Å²) in [5.74, 6) is 0.276. The molecular formula is C14H18O3. The van der Waals surface area contributed by atoms with E-state index in [2.05, 4.69) is 6.58 Å². The maximum absolute atomic E-state index is 11.8. The average Bonchev–Trinajstić information content (AvgIpc) is 2.90. The van der Waals surface area contributed by atoms with Crippen molar-refractivity contribution >= 4 is 5.97 Å². The van der Waals surface area contributed by atoms with Crippen molar-refractivity contribution in [1.29, 1.82) is 0 Å². The quantitative estimate of drug-likeness (QED) is 0.590. The van der Waals surface area contributed by atoms with Gasteiger partial charge in [-0.3, -0.25) is 0 Å². The summed E-state index contributed by atoms with van der Waals surface area (Å²) in [7, 11) is 0. The highest BCUT2D eigenvalue weighted by Gasteiger charge is 2.25. The van der Waals surface area contributed by atoms with E-state index in [1.54, 1.807) is 18.2 Å². The molecule has 1 heterocycles. The Morgan fingerprint density at radius 1 is 1.47 bits per heavy atom. The van der Waals surface area contributed by atoms with Gasteiger partial charge in [0.15, 0.2) is 0 Å². The van der Waals surface area contributed by atoms with Crippen LogP contribution in [0.15, 0.2) is 35.5 Å². The van der Waals surface area contributed by atoms with Crippen LogP contribution in [0, 0.1) is 5.92 Å². The molecule has 1 aliphatic rings. The van der Waals surface area contributed by atoms with E-state index in [1.807, 2.05) is 0 Å². The van der Waals surface area contributed by atoms with E-state index in [0.717, 1.165) is 12.8 Å². The third kappa shape index (κ3) is 2.99. The lowest BCUT2D eigenvalue weighted by Gasteiger charge is -2.27. The van der Waals surface area contributed by atoms with Gasteiger partial charge < -0.3 is 9.15 Å². The van der Waals surface area contributed by atoms with Crippen molar-refractivity contribution in [2.45, 2.75) is 38.2 Å². The minimum absolute atomic E-state index is 0.187. The Labute approximate surface area is 101 Å². The van der Waals surface area contributed by atoms with Gasteiger partial charge in [-0.2, -0.15) is 0 Å². The fraction of sp³-hybridized carbons (Fsp3) is 0.500. The maximum Gasteiger partial charge on any atom is 0.374 e. The van der Waals surface area contributed by atoms with Crippen molar-refractivity contribution in [1.82, 2.24) is 0 Å². The highest BCUT2D eigenvalue weighted by molar-refractivity contribution is 5.86. The lowest BCUT2D eigenvalue weighted by atomic mass is 9.85. The Balaban J connectivity index is 1.94. The van der Waals surface area contributed by atoms with Crippen LogP contribution in [-0.4, -0.2) is 12.1 Å². The Morgan fingerprint density at radius 3 is 2.82 bits per heavy atom. The van der Waals surface area contributed by atoms with Crippen LogP contribution < -0.4 is 0 Å². The fourth-order valence-electron chi connectivity index (χ4n) is 2.38. The molecule has 0 unspecified atom stereocenters. The summed E-state index contributed by atoms with van der Waals surface area (Å²) in [6, 6.07) is 3.30. The summed E-state index contributed by atoms with van der Waals surface area (Å²) in [5.41, 5.74) is 0. The Bertz CT molecular complexity index is 361. The molecule has 0 aliphatic heterocycles.